The molecular weight excluding hydrogens is 363 g/mol. The lowest BCUT2D eigenvalue weighted by molar-refractivity contribution is 0.353. The monoisotopic (exact) mass is 376 g/mol. The minimum absolute atomic E-state index is 0.00903. The van der Waals surface area contributed by atoms with Crippen molar-refractivity contribution in [2.24, 2.45) is 0 Å². The van der Waals surface area contributed by atoms with Gasteiger partial charge in [0.05, 0.1) is 19.2 Å². The van der Waals surface area contributed by atoms with Crippen LogP contribution in [0.15, 0.2) is 35.2 Å². The Balaban J connectivity index is 2.47. The molecule has 0 aromatic heterocycles. The van der Waals surface area contributed by atoms with Crippen molar-refractivity contribution in [3.8, 4) is 17.2 Å². The summed E-state index contributed by atoms with van der Waals surface area (Å²) in [5, 5.41) is 0.473. The summed E-state index contributed by atoms with van der Waals surface area (Å²) in [6.07, 6.45) is 0. The Morgan fingerprint density at radius 3 is 2.09 bits per heavy atom. The molecule has 0 fully saturated rings. The fourth-order valence-corrected chi connectivity index (χ4v) is 3.61. The molecule has 0 saturated carbocycles. The van der Waals surface area contributed by atoms with Gasteiger partial charge in [0, 0.05) is 11.1 Å². The fourth-order valence-electron chi connectivity index (χ4n) is 1.94. The average Bonchev–Trinajstić information content (AvgIpc) is 2.49. The van der Waals surface area contributed by atoms with E-state index in [2.05, 4.69) is 0 Å². The summed E-state index contributed by atoms with van der Waals surface area (Å²) in [4.78, 5) is -0.0406. The third kappa shape index (κ3) is 3.83. The molecule has 124 valence electrons. The first-order chi connectivity index (χ1) is 10.8. The smallest absolute Gasteiger partial charge is 0.339 e. The summed E-state index contributed by atoms with van der Waals surface area (Å²) in [5.41, 5.74) is 0.452. The lowest BCUT2D eigenvalue weighted by atomic mass is 10.2. The van der Waals surface area contributed by atoms with Crippen molar-refractivity contribution in [2.75, 3.05) is 14.2 Å². The van der Waals surface area contributed by atoms with E-state index in [1.807, 2.05) is 0 Å². The Hall–Kier alpha value is -1.63. The van der Waals surface area contributed by atoms with Crippen LogP contribution in [0.4, 0.5) is 0 Å². The number of rotatable bonds is 5. The number of benzene rings is 2. The summed E-state index contributed by atoms with van der Waals surface area (Å²) in [7, 11) is -1.22. The second-order valence-electron chi connectivity index (χ2n) is 4.58. The quantitative estimate of drug-likeness (QED) is 0.735. The van der Waals surface area contributed by atoms with Crippen LogP contribution < -0.4 is 13.7 Å². The number of aryl methyl sites for hydroxylation is 1. The molecular formula is C15H14Cl2O5S. The molecule has 0 atom stereocenters. The molecule has 2 aromatic carbocycles. The van der Waals surface area contributed by atoms with Gasteiger partial charge < -0.3 is 13.7 Å². The van der Waals surface area contributed by atoms with Crippen molar-refractivity contribution in [2.45, 2.75) is 11.8 Å². The van der Waals surface area contributed by atoms with Crippen LogP contribution in [0, 0.1) is 6.92 Å². The van der Waals surface area contributed by atoms with Crippen molar-refractivity contribution in [1.82, 2.24) is 0 Å². The van der Waals surface area contributed by atoms with E-state index in [9.17, 15) is 8.42 Å². The number of hydrogen-bond acceptors (Lipinski definition) is 5. The van der Waals surface area contributed by atoms with Gasteiger partial charge in [0.15, 0.2) is 17.2 Å². The molecule has 0 spiro atoms. The van der Waals surface area contributed by atoms with Crippen molar-refractivity contribution < 1.29 is 22.1 Å². The molecule has 0 bridgehead atoms. The predicted octanol–water partition coefficient (Wildman–Crippen LogP) is 4.09. The number of ether oxygens (including phenoxy) is 2. The van der Waals surface area contributed by atoms with Gasteiger partial charge in [-0.1, -0.05) is 23.2 Å². The molecule has 2 aromatic rings. The Bertz CT molecular complexity index is 834. The van der Waals surface area contributed by atoms with Crippen LogP contribution in [-0.2, 0) is 10.1 Å². The van der Waals surface area contributed by atoms with Gasteiger partial charge in [0.1, 0.15) is 4.90 Å². The van der Waals surface area contributed by atoms with Crippen LogP contribution in [0.25, 0.3) is 0 Å². The second-order valence-corrected chi connectivity index (χ2v) is 6.94. The van der Waals surface area contributed by atoms with E-state index in [0.717, 1.165) is 0 Å². The Kier molecular flexibility index (Phi) is 5.29. The van der Waals surface area contributed by atoms with Gasteiger partial charge in [-0.25, -0.2) is 0 Å². The summed E-state index contributed by atoms with van der Waals surface area (Å²) in [5.74, 6) is 0.696. The van der Waals surface area contributed by atoms with E-state index >= 15 is 0 Å². The highest BCUT2D eigenvalue weighted by Crippen LogP contribution is 2.35. The van der Waals surface area contributed by atoms with Crippen molar-refractivity contribution in [1.29, 1.82) is 0 Å². The molecule has 0 radical (unpaired) electrons. The van der Waals surface area contributed by atoms with E-state index in [1.165, 1.54) is 38.5 Å². The normalized spacial score (nSPS) is 11.2. The van der Waals surface area contributed by atoms with Crippen molar-refractivity contribution >= 4 is 33.3 Å². The molecule has 0 unspecified atom stereocenters. The zero-order valence-electron chi connectivity index (χ0n) is 12.6. The maximum Gasteiger partial charge on any atom is 0.339 e. The molecule has 23 heavy (non-hydrogen) atoms. The fraction of sp³-hybridized carbons (Fsp3) is 0.200. The molecule has 0 aliphatic rings. The lowest BCUT2D eigenvalue weighted by Gasteiger charge is -2.14. The van der Waals surface area contributed by atoms with Crippen molar-refractivity contribution in [3.05, 3.63) is 45.9 Å². The average molecular weight is 377 g/mol. The molecule has 0 aliphatic heterocycles. The van der Waals surface area contributed by atoms with Crippen LogP contribution in [0.1, 0.15) is 5.56 Å². The first kappa shape index (κ1) is 17.7. The molecule has 0 saturated heterocycles. The van der Waals surface area contributed by atoms with E-state index in [4.69, 9.17) is 36.9 Å². The SMILES string of the molecule is COc1cc(C)c(S(=O)(=O)Oc2ccc(Cl)cc2Cl)cc1OC. The Morgan fingerprint density at radius 2 is 1.52 bits per heavy atom. The number of hydrogen-bond donors (Lipinski definition) is 0. The van der Waals surface area contributed by atoms with Crippen LogP contribution in [0.3, 0.4) is 0 Å². The zero-order valence-corrected chi connectivity index (χ0v) is 14.9. The van der Waals surface area contributed by atoms with Gasteiger partial charge in [0.2, 0.25) is 0 Å². The van der Waals surface area contributed by atoms with Gasteiger partial charge in [-0.15, -0.1) is 0 Å². The third-order valence-corrected chi connectivity index (χ3v) is 4.95. The van der Waals surface area contributed by atoms with Gasteiger partial charge >= 0.3 is 10.1 Å². The van der Waals surface area contributed by atoms with Crippen molar-refractivity contribution in [3.63, 3.8) is 0 Å². The standard InChI is InChI=1S/C15H14Cl2O5S/c1-9-6-13(20-2)14(21-3)8-15(9)23(18,19)22-12-5-4-10(16)7-11(12)17/h4-8H,1-3H3. The van der Waals surface area contributed by atoms with Gasteiger partial charge in [-0.2, -0.15) is 8.42 Å². The Morgan fingerprint density at radius 1 is 0.913 bits per heavy atom. The summed E-state index contributed by atoms with van der Waals surface area (Å²) in [6.45, 7) is 1.63. The van der Waals surface area contributed by atoms with Crippen LogP contribution >= 0.6 is 23.2 Å². The van der Waals surface area contributed by atoms with Crippen LogP contribution in [0.5, 0.6) is 17.2 Å². The first-order valence-electron chi connectivity index (χ1n) is 6.40. The molecule has 0 N–H and O–H groups in total. The summed E-state index contributed by atoms with van der Waals surface area (Å²) < 4.78 is 40.4. The van der Waals surface area contributed by atoms with E-state index in [0.29, 0.717) is 16.3 Å². The number of methoxy groups -OCH3 is 2. The van der Waals surface area contributed by atoms with Gasteiger partial charge in [0.25, 0.3) is 0 Å². The highest BCUT2D eigenvalue weighted by Gasteiger charge is 2.23. The second kappa shape index (κ2) is 6.86. The molecule has 0 aliphatic carbocycles. The minimum atomic E-state index is -4.10. The molecule has 2 rings (SSSR count). The number of halogens is 2. The van der Waals surface area contributed by atoms with E-state index in [-0.39, 0.29) is 21.4 Å². The highest BCUT2D eigenvalue weighted by atomic mass is 35.5. The van der Waals surface area contributed by atoms with Gasteiger partial charge in [-0.05, 0) is 36.8 Å². The van der Waals surface area contributed by atoms with Gasteiger partial charge in [-0.3, -0.25) is 0 Å². The predicted molar refractivity (Wildman–Crippen MR) is 88.6 cm³/mol. The zero-order chi connectivity index (χ0) is 17.2. The summed E-state index contributed by atoms with van der Waals surface area (Å²) >= 11 is 11.7. The lowest BCUT2D eigenvalue weighted by Crippen LogP contribution is -2.12. The topological polar surface area (TPSA) is 61.8 Å². The minimum Gasteiger partial charge on any atom is -0.493 e. The highest BCUT2D eigenvalue weighted by molar-refractivity contribution is 7.87. The molecule has 0 amide bonds. The van der Waals surface area contributed by atoms with Crippen LogP contribution in [0.2, 0.25) is 10.0 Å². The third-order valence-electron chi connectivity index (χ3n) is 3.04. The first-order valence-corrected chi connectivity index (χ1v) is 8.57. The van der Waals surface area contributed by atoms with E-state index < -0.39 is 10.1 Å². The van der Waals surface area contributed by atoms with E-state index in [1.54, 1.807) is 13.0 Å². The molecule has 0 heterocycles. The largest absolute Gasteiger partial charge is 0.493 e. The maximum absolute atomic E-state index is 12.5. The molecule has 8 heteroatoms. The van der Waals surface area contributed by atoms with Crippen LogP contribution in [-0.4, -0.2) is 22.6 Å². The Labute approximate surface area is 144 Å². The summed E-state index contributed by atoms with van der Waals surface area (Å²) in [6, 6.07) is 7.17. The maximum atomic E-state index is 12.5. The molecule has 5 nitrogen and oxygen atoms in total.